The SMILES string of the molecule is CC(CNc1cc(C(F)(F)F)ccc1F)C(N)=O. The number of nitrogens with two attached hydrogens (primary N) is 1. The fraction of sp³-hybridized carbons (Fsp3) is 0.364. The Bertz CT molecular complexity index is 445. The zero-order chi connectivity index (χ0) is 13.9. The second-order valence-corrected chi connectivity index (χ2v) is 3.88. The first-order valence-corrected chi connectivity index (χ1v) is 5.11. The summed E-state index contributed by atoms with van der Waals surface area (Å²) >= 11 is 0. The van der Waals surface area contributed by atoms with Crippen molar-refractivity contribution < 1.29 is 22.4 Å². The van der Waals surface area contributed by atoms with Gasteiger partial charge in [-0.2, -0.15) is 13.2 Å². The number of benzene rings is 1. The Labute approximate surface area is 101 Å². The molecule has 0 heterocycles. The minimum absolute atomic E-state index is 0.0342. The Morgan fingerprint density at radius 2 is 2.06 bits per heavy atom. The lowest BCUT2D eigenvalue weighted by atomic mass is 10.1. The topological polar surface area (TPSA) is 55.1 Å². The summed E-state index contributed by atoms with van der Waals surface area (Å²) in [5.41, 5.74) is 3.72. The van der Waals surface area contributed by atoms with Crippen LogP contribution in [0.15, 0.2) is 18.2 Å². The minimum Gasteiger partial charge on any atom is -0.382 e. The molecule has 7 heteroatoms. The summed E-state index contributed by atoms with van der Waals surface area (Å²) in [4.78, 5) is 10.7. The van der Waals surface area contributed by atoms with Gasteiger partial charge in [0.1, 0.15) is 5.82 Å². The van der Waals surface area contributed by atoms with Crippen molar-refractivity contribution in [3.8, 4) is 0 Å². The maximum absolute atomic E-state index is 13.3. The molecule has 0 aliphatic carbocycles. The molecular formula is C11H12F4N2O. The van der Waals surface area contributed by atoms with Crippen molar-refractivity contribution in [3.05, 3.63) is 29.6 Å². The van der Waals surface area contributed by atoms with E-state index < -0.39 is 29.4 Å². The highest BCUT2D eigenvalue weighted by molar-refractivity contribution is 5.76. The molecule has 1 aromatic carbocycles. The normalized spacial score (nSPS) is 13.2. The predicted molar refractivity (Wildman–Crippen MR) is 58.3 cm³/mol. The van der Waals surface area contributed by atoms with Gasteiger partial charge in [0.15, 0.2) is 0 Å². The van der Waals surface area contributed by atoms with E-state index in [0.717, 1.165) is 6.07 Å². The molecule has 1 aromatic rings. The molecule has 1 atom stereocenters. The summed E-state index contributed by atoms with van der Waals surface area (Å²) in [7, 11) is 0. The maximum atomic E-state index is 13.3. The lowest BCUT2D eigenvalue weighted by molar-refractivity contribution is -0.137. The zero-order valence-electron chi connectivity index (χ0n) is 9.51. The van der Waals surface area contributed by atoms with Gasteiger partial charge in [0.2, 0.25) is 5.91 Å². The molecule has 3 nitrogen and oxygen atoms in total. The van der Waals surface area contributed by atoms with Crippen LogP contribution >= 0.6 is 0 Å². The van der Waals surface area contributed by atoms with Crippen molar-refractivity contribution in [1.29, 1.82) is 0 Å². The molecule has 0 aliphatic rings. The van der Waals surface area contributed by atoms with Gasteiger partial charge in [-0.1, -0.05) is 6.92 Å². The minimum atomic E-state index is -4.54. The van der Waals surface area contributed by atoms with Gasteiger partial charge in [0.25, 0.3) is 0 Å². The van der Waals surface area contributed by atoms with Gasteiger partial charge < -0.3 is 11.1 Å². The van der Waals surface area contributed by atoms with Crippen LogP contribution in [0.2, 0.25) is 0 Å². The smallest absolute Gasteiger partial charge is 0.382 e. The van der Waals surface area contributed by atoms with E-state index in [0.29, 0.717) is 12.1 Å². The van der Waals surface area contributed by atoms with Crippen LogP contribution in [0.3, 0.4) is 0 Å². The molecule has 0 radical (unpaired) electrons. The van der Waals surface area contributed by atoms with E-state index in [2.05, 4.69) is 5.32 Å². The molecule has 18 heavy (non-hydrogen) atoms. The van der Waals surface area contributed by atoms with Gasteiger partial charge in [-0.15, -0.1) is 0 Å². The Morgan fingerprint density at radius 3 is 2.56 bits per heavy atom. The van der Waals surface area contributed by atoms with Crippen LogP contribution in [0.4, 0.5) is 23.2 Å². The molecule has 0 saturated heterocycles. The fourth-order valence-corrected chi connectivity index (χ4v) is 1.20. The van der Waals surface area contributed by atoms with E-state index in [4.69, 9.17) is 5.73 Å². The standard InChI is InChI=1S/C11H12F4N2O/c1-6(10(16)18)5-17-9-4-7(11(13,14)15)2-3-8(9)12/h2-4,6,17H,5H2,1H3,(H2,16,18). The van der Waals surface area contributed by atoms with Gasteiger partial charge in [0, 0.05) is 6.54 Å². The molecule has 1 amide bonds. The number of anilines is 1. The zero-order valence-corrected chi connectivity index (χ0v) is 9.51. The van der Waals surface area contributed by atoms with Gasteiger partial charge in [-0.05, 0) is 18.2 Å². The highest BCUT2D eigenvalue weighted by Gasteiger charge is 2.31. The van der Waals surface area contributed by atoms with E-state index in [1.165, 1.54) is 6.92 Å². The van der Waals surface area contributed by atoms with Crippen LogP contribution in [0, 0.1) is 11.7 Å². The number of hydrogen-bond donors (Lipinski definition) is 2. The number of halogens is 4. The third kappa shape index (κ3) is 3.61. The van der Waals surface area contributed by atoms with Crippen LogP contribution in [-0.2, 0) is 11.0 Å². The number of nitrogens with one attached hydrogen (secondary N) is 1. The largest absolute Gasteiger partial charge is 0.416 e. The van der Waals surface area contributed by atoms with E-state index in [9.17, 15) is 22.4 Å². The molecule has 0 aliphatic heterocycles. The molecule has 0 bridgehead atoms. The first-order chi connectivity index (χ1) is 8.21. The number of rotatable bonds is 4. The fourth-order valence-electron chi connectivity index (χ4n) is 1.20. The van der Waals surface area contributed by atoms with E-state index in [-0.39, 0.29) is 12.2 Å². The summed E-state index contributed by atoms with van der Waals surface area (Å²) in [5, 5.41) is 2.43. The van der Waals surface area contributed by atoms with Crippen LogP contribution in [0.5, 0.6) is 0 Å². The first-order valence-electron chi connectivity index (χ1n) is 5.11. The number of amides is 1. The molecule has 100 valence electrons. The molecule has 0 saturated carbocycles. The van der Waals surface area contributed by atoms with E-state index in [1.807, 2.05) is 0 Å². The number of primary amides is 1. The summed E-state index contributed by atoms with van der Waals surface area (Å²) in [5.74, 6) is -2.05. The number of alkyl halides is 3. The average molecular weight is 264 g/mol. The first kappa shape index (κ1) is 14.3. The van der Waals surface area contributed by atoms with Crippen molar-refractivity contribution >= 4 is 11.6 Å². The number of hydrogen-bond acceptors (Lipinski definition) is 2. The summed E-state index contributed by atoms with van der Waals surface area (Å²) in [6, 6.07) is 2.03. The van der Waals surface area contributed by atoms with Crippen molar-refractivity contribution in [2.45, 2.75) is 13.1 Å². The Balaban J connectivity index is 2.85. The Kier molecular flexibility index (Phi) is 4.15. The molecule has 1 unspecified atom stereocenters. The summed E-state index contributed by atoms with van der Waals surface area (Å²) in [6.45, 7) is 1.45. The predicted octanol–water partition coefficient (Wildman–Crippen LogP) is 2.38. The number of carbonyl (C=O) groups is 1. The molecule has 1 rings (SSSR count). The number of carbonyl (C=O) groups excluding carboxylic acids is 1. The lowest BCUT2D eigenvalue weighted by Crippen LogP contribution is -2.27. The highest BCUT2D eigenvalue weighted by Crippen LogP contribution is 2.31. The van der Waals surface area contributed by atoms with Crippen LogP contribution in [-0.4, -0.2) is 12.5 Å². The van der Waals surface area contributed by atoms with Gasteiger partial charge >= 0.3 is 6.18 Å². The van der Waals surface area contributed by atoms with Gasteiger partial charge in [0.05, 0.1) is 17.2 Å². The van der Waals surface area contributed by atoms with Crippen LogP contribution in [0.25, 0.3) is 0 Å². The highest BCUT2D eigenvalue weighted by atomic mass is 19.4. The van der Waals surface area contributed by atoms with Crippen LogP contribution < -0.4 is 11.1 Å². The third-order valence-corrected chi connectivity index (χ3v) is 2.38. The second kappa shape index (κ2) is 5.24. The quantitative estimate of drug-likeness (QED) is 0.820. The van der Waals surface area contributed by atoms with Crippen molar-refractivity contribution in [2.24, 2.45) is 11.7 Å². The monoisotopic (exact) mass is 264 g/mol. The summed E-state index contributed by atoms with van der Waals surface area (Å²) in [6.07, 6.45) is -4.54. The molecular weight excluding hydrogens is 252 g/mol. The summed E-state index contributed by atoms with van der Waals surface area (Å²) < 4.78 is 50.5. The third-order valence-electron chi connectivity index (χ3n) is 2.38. The lowest BCUT2D eigenvalue weighted by Gasteiger charge is -2.13. The molecule has 0 spiro atoms. The molecule has 0 fully saturated rings. The van der Waals surface area contributed by atoms with Gasteiger partial charge in [-0.25, -0.2) is 4.39 Å². The maximum Gasteiger partial charge on any atom is 0.416 e. The van der Waals surface area contributed by atoms with E-state index >= 15 is 0 Å². The van der Waals surface area contributed by atoms with Crippen molar-refractivity contribution in [1.82, 2.24) is 0 Å². The Hall–Kier alpha value is -1.79. The van der Waals surface area contributed by atoms with Crippen molar-refractivity contribution in [3.63, 3.8) is 0 Å². The molecule has 0 aromatic heterocycles. The van der Waals surface area contributed by atoms with Crippen molar-refractivity contribution in [2.75, 3.05) is 11.9 Å². The van der Waals surface area contributed by atoms with Crippen LogP contribution in [0.1, 0.15) is 12.5 Å². The van der Waals surface area contributed by atoms with Gasteiger partial charge in [-0.3, -0.25) is 4.79 Å². The van der Waals surface area contributed by atoms with E-state index in [1.54, 1.807) is 0 Å². The second-order valence-electron chi connectivity index (χ2n) is 3.88. The average Bonchev–Trinajstić information content (AvgIpc) is 2.25. The Morgan fingerprint density at radius 1 is 1.44 bits per heavy atom. The molecule has 3 N–H and O–H groups in total.